The molecule has 1 heteroatoms. The Morgan fingerprint density at radius 2 is 1.14 bits per heavy atom. The maximum absolute atomic E-state index is 2.50. The average Bonchev–Trinajstić information content (AvgIpc) is 3.50. The summed E-state index contributed by atoms with van der Waals surface area (Å²) in [5.74, 6) is 0. The van der Waals surface area contributed by atoms with E-state index in [4.69, 9.17) is 0 Å². The van der Waals surface area contributed by atoms with Crippen LogP contribution in [0.3, 0.4) is 0 Å². The first-order chi connectivity index (χ1) is 27.5. The molecule has 0 saturated heterocycles. The molecule has 0 aliphatic heterocycles. The van der Waals surface area contributed by atoms with Crippen molar-refractivity contribution in [3.63, 3.8) is 0 Å². The van der Waals surface area contributed by atoms with E-state index in [-0.39, 0.29) is 5.41 Å². The SMILES string of the molecule is CC1(C)C2=C(C=CCC2)c2c(N(c3ccc(-c4cc5c6ccccc6ccc5c5ccccc45)cc3)c3cccc(-c4cccc5ccccc45)c3)cccc21. The largest absolute Gasteiger partial charge is 0.310 e. The van der Waals surface area contributed by atoms with Gasteiger partial charge in [-0.15, -0.1) is 0 Å². The lowest BCUT2D eigenvalue weighted by Crippen LogP contribution is -2.18. The second-order valence-corrected chi connectivity index (χ2v) is 16.0. The van der Waals surface area contributed by atoms with Gasteiger partial charge in [-0.1, -0.05) is 171 Å². The van der Waals surface area contributed by atoms with E-state index >= 15 is 0 Å². The fourth-order valence-electron chi connectivity index (χ4n) is 9.85. The Morgan fingerprint density at radius 1 is 0.464 bits per heavy atom. The standard InChI is InChI=1S/C55H41N/c1-55(2)51-25-10-9-23-48(51)54-52(55)26-13-27-53(54)56(41-18-11-17-39(34-41)44-24-12-16-36-14-3-5-19-42(36)44)40-31-28-38(29-32-40)49-35-50-43-20-6-4-15-37(43)30-33-47(50)45-21-7-8-22-46(45)49/h3-9,11-24,26-35H,10,25H2,1-2H3. The lowest BCUT2D eigenvalue weighted by molar-refractivity contribution is 0.607. The van der Waals surface area contributed by atoms with Crippen LogP contribution in [0.15, 0.2) is 194 Å². The van der Waals surface area contributed by atoms with E-state index in [1.54, 1.807) is 5.57 Å². The number of allylic oxidation sites excluding steroid dienone is 4. The zero-order chi connectivity index (χ0) is 37.4. The molecule has 0 heterocycles. The maximum Gasteiger partial charge on any atom is 0.0543 e. The number of rotatable bonds is 5. The minimum absolute atomic E-state index is 0.0208. The van der Waals surface area contributed by atoms with E-state index in [0.717, 1.165) is 24.2 Å². The highest BCUT2D eigenvalue weighted by Crippen LogP contribution is 2.54. The van der Waals surface area contributed by atoms with Gasteiger partial charge < -0.3 is 4.90 Å². The molecule has 56 heavy (non-hydrogen) atoms. The van der Waals surface area contributed by atoms with Gasteiger partial charge in [0.25, 0.3) is 0 Å². The number of hydrogen-bond acceptors (Lipinski definition) is 1. The van der Waals surface area contributed by atoms with Crippen LogP contribution in [0.5, 0.6) is 0 Å². The van der Waals surface area contributed by atoms with Crippen LogP contribution in [0, 0.1) is 0 Å². The summed E-state index contributed by atoms with van der Waals surface area (Å²) in [5, 5.41) is 10.2. The summed E-state index contributed by atoms with van der Waals surface area (Å²) in [6.07, 6.45) is 6.95. The summed E-state index contributed by atoms with van der Waals surface area (Å²) in [4.78, 5) is 2.50. The minimum atomic E-state index is -0.0208. The van der Waals surface area contributed by atoms with Gasteiger partial charge in [0, 0.05) is 22.4 Å². The number of fused-ring (bicyclic) bond motifs is 8. The van der Waals surface area contributed by atoms with Gasteiger partial charge in [-0.05, 0) is 126 Å². The molecule has 2 aliphatic rings. The van der Waals surface area contributed by atoms with E-state index in [2.05, 4.69) is 207 Å². The molecule has 0 fully saturated rings. The lowest BCUT2D eigenvalue weighted by atomic mass is 9.78. The van der Waals surface area contributed by atoms with Crippen molar-refractivity contribution in [3.8, 4) is 22.3 Å². The second-order valence-electron chi connectivity index (χ2n) is 16.0. The predicted octanol–water partition coefficient (Wildman–Crippen LogP) is 15.5. The molecule has 0 N–H and O–H groups in total. The smallest absolute Gasteiger partial charge is 0.0543 e. The van der Waals surface area contributed by atoms with Gasteiger partial charge in [0.05, 0.1) is 5.69 Å². The normalized spacial score (nSPS) is 14.5. The number of nitrogens with zero attached hydrogens (tertiary/aromatic N) is 1. The highest BCUT2D eigenvalue weighted by Gasteiger charge is 2.39. The van der Waals surface area contributed by atoms with Crippen LogP contribution in [0.1, 0.15) is 37.8 Å². The Kier molecular flexibility index (Phi) is 7.41. The van der Waals surface area contributed by atoms with Gasteiger partial charge in [-0.2, -0.15) is 0 Å². The minimum Gasteiger partial charge on any atom is -0.310 e. The summed E-state index contributed by atoms with van der Waals surface area (Å²) in [5.41, 5.74) is 14.1. The Morgan fingerprint density at radius 3 is 1.98 bits per heavy atom. The Labute approximate surface area is 328 Å². The molecule has 1 nitrogen and oxygen atoms in total. The summed E-state index contributed by atoms with van der Waals surface area (Å²) in [7, 11) is 0. The van der Waals surface area contributed by atoms with Crippen LogP contribution in [0.2, 0.25) is 0 Å². The van der Waals surface area contributed by atoms with E-state index in [9.17, 15) is 0 Å². The molecule has 0 amide bonds. The van der Waals surface area contributed by atoms with Crippen molar-refractivity contribution in [2.24, 2.45) is 0 Å². The first-order valence-corrected chi connectivity index (χ1v) is 19.9. The van der Waals surface area contributed by atoms with Gasteiger partial charge in [0.2, 0.25) is 0 Å². The van der Waals surface area contributed by atoms with Gasteiger partial charge in [0.15, 0.2) is 0 Å². The van der Waals surface area contributed by atoms with Crippen LogP contribution in [-0.2, 0) is 5.41 Å². The maximum atomic E-state index is 2.50. The van der Waals surface area contributed by atoms with Crippen molar-refractivity contribution < 1.29 is 0 Å². The molecule has 0 bridgehead atoms. The summed E-state index contributed by atoms with van der Waals surface area (Å²) < 4.78 is 0. The van der Waals surface area contributed by atoms with Crippen molar-refractivity contribution in [2.45, 2.75) is 32.1 Å². The molecule has 0 saturated carbocycles. The lowest BCUT2D eigenvalue weighted by Gasteiger charge is -2.30. The zero-order valence-electron chi connectivity index (χ0n) is 31.8. The molecule has 9 aromatic carbocycles. The van der Waals surface area contributed by atoms with Crippen molar-refractivity contribution in [2.75, 3.05) is 4.90 Å². The Bertz CT molecular complexity index is 3100. The van der Waals surface area contributed by atoms with Crippen molar-refractivity contribution >= 4 is 65.7 Å². The Balaban J connectivity index is 1.11. The molecule has 9 aromatic rings. The summed E-state index contributed by atoms with van der Waals surface area (Å²) in [6, 6.07) is 65.3. The molecular formula is C55H41N. The van der Waals surface area contributed by atoms with Crippen LogP contribution >= 0.6 is 0 Å². The molecule has 0 spiro atoms. The van der Waals surface area contributed by atoms with Crippen LogP contribution < -0.4 is 4.90 Å². The summed E-state index contributed by atoms with van der Waals surface area (Å²) in [6.45, 7) is 4.82. The van der Waals surface area contributed by atoms with E-state index in [0.29, 0.717) is 0 Å². The third-order valence-electron chi connectivity index (χ3n) is 12.6. The molecule has 0 unspecified atom stereocenters. The fraction of sp³-hybridized carbons (Fsp3) is 0.0909. The quantitative estimate of drug-likeness (QED) is 0.160. The zero-order valence-corrected chi connectivity index (χ0v) is 31.8. The number of anilines is 3. The topological polar surface area (TPSA) is 3.24 Å². The number of hydrogen-bond donors (Lipinski definition) is 0. The summed E-state index contributed by atoms with van der Waals surface area (Å²) >= 11 is 0. The first-order valence-electron chi connectivity index (χ1n) is 19.9. The fourth-order valence-corrected chi connectivity index (χ4v) is 9.85. The Hall–Kier alpha value is -6.70. The van der Waals surface area contributed by atoms with Crippen molar-refractivity contribution in [1.82, 2.24) is 0 Å². The van der Waals surface area contributed by atoms with Gasteiger partial charge in [0.1, 0.15) is 0 Å². The van der Waals surface area contributed by atoms with Gasteiger partial charge in [-0.25, -0.2) is 0 Å². The average molecular weight is 716 g/mol. The van der Waals surface area contributed by atoms with E-state index in [1.807, 2.05) is 0 Å². The molecule has 0 aromatic heterocycles. The predicted molar refractivity (Wildman–Crippen MR) is 240 cm³/mol. The van der Waals surface area contributed by atoms with Crippen LogP contribution in [0.4, 0.5) is 17.1 Å². The molecule has 2 aliphatic carbocycles. The number of benzene rings is 9. The van der Waals surface area contributed by atoms with Gasteiger partial charge >= 0.3 is 0 Å². The van der Waals surface area contributed by atoms with Crippen molar-refractivity contribution in [1.29, 1.82) is 0 Å². The second kappa shape index (κ2) is 12.7. The molecular weight excluding hydrogens is 675 g/mol. The third kappa shape index (κ3) is 5.01. The van der Waals surface area contributed by atoms with Crippen LogP contribution in [0.25, 0.3) is 70.9 Å². The molecule has 0 radical (unpaired) electrons. The molecule has 0 atom stereocenters. The van der Waals surface area contributed by atoms with Crippen molar-refractivity contribution in [3.05, 3.63) is 205 Å². The molecule has 11 rings (SSSR count). The molecule has 266 valence electrons. The van der Waals surface area contributed by atoms with Gasteiger partial charge in [-0.3, -0.25) is 0 Å². The highest BCUT2D eigenvalue weighted by atomic mass is 15.1. The van der Waals surface area contributed by atoms with E-state index < -0.39 is 0 Å². The monoisotopic (exact) mass is 715 g/mol. The highest BCUT2D eigenvalue weighted by molar-refractivity contribution is 6.21. The third-order valence-corrected chi connectivity index (χ3v) is 12.6. The first kappa shape index (κ1) is 32.7. The van der Waals surface area contributed by atoms with E-state index in [1.165, 1.54) is 87.7 Å². The van der Waals surface area contributed by atoms with Crippen LogP contribution in [-0.4, -0.2) is 0 Å².